The van der Waals surface area contributed by atoms with Gasteiger partial charge in [-0.05, 0) is 31.6 Å². The van der Waals surface area contributed by atoms with E-state index in [1.54, 1.807) is 0 Å². The van der Waals surface area contributed by atoms with Crippen LogP contribution in [0.15, 0.2) is 0 Å². The SMILES string of the molecule is CCCCCCCCCCCCCCCCCCCCCCCCC(=O)O[C@H](COC(=O)CCCCCCCCCCCCCC(C)C)COP(=O)(O)OC[C@@H](O)COP(=O)(O)OC[C@@H](COC(=O)CCCCCCCCCCCCCC)OC(=O)CCCCCCCCCCCCCCCC. The molecule has 0 aromatic rings. The van der Waals surface area contributed by atoms with E-state index in [1.165, 1.54) is 270 Å². The molecule has 0 spiro atoms. The minimum atomic E-state index is -4.96. The van der Waals surface area contributed by atoms with Gasteiger partial charge in [0, 0.05) is 25.7 Å². The van der Waals surface area contributed by atoms with Crippen molar-refractivity contribution >= 4 is 39.5 Å². The molecule has 19 heteroatoms. The molecule has 0 heterocycles. The summed E-state index contributed by atoms with van der Waals surface area (Å²) in [6, 6.07) is 0. The maximum atomic E-state index is 13.1. The Kier molecular flexibility index (Phi) is 74.4. The predicted octanol–water partition coefficient (Wildman–Crippen LogP) is 25.2. The van der Waals surface area contributed by atoms with Gasteiger partial charge >= 0.3 is 39.5 Å². The number of hydrogen-bond donors (Lipinski definition) is 3. The van der Waals surface area contributed by atoms with Crippen molar-refractivity contribution < 1.29 is 80.2 Å². The van der Waals surface area contributed by atoms with Gasteiger partial charge in [-0.1, -0.05) is 394 Å². The van der Waals surface area contributed by atoms with Crippen LogP contribution >= 0.6 is 15.6 Å². The van der Waals surface area contributed by atoms with E-state index in [0.717, 1.165) is 95.8 Å². The van der Waals surface area contributed by atoms with Gasteiger partial charge in [0.05, 0.1) is 26.4 Å². The first-order valence-electron chi connectivity index (χ1n) is 43.1. The molecule has 0 saturated heterocycles. The summed E-state index contributed by atoms with van der Waals surface area (Å²) in [6.45, 7) is 7.35. The Labute approximate surface area is 626 Å². The van der Waals surface area contributed by atoms with Gasteiger partial charge in [-0.25, -0.2) is 9.13 Å². The molecule has 0 aromatic carbocycles. The van der Waals surface area contributed by atoms with Crippen molar-refractivity contribution in [1.29, 1.82) is 0 Å². The number of carbonyl (C=O) groups is 4. The van der Waals surface area contributed by atoms with Crippen LogP contribution in [0, 0.1) is 5.92 Å². The zero-order valence-electron chi connectivity index (χ0n) is 66.8. The maximum absolute atomic E-state index is 13.1. The second-order valence-corrected chi connectivity index (χ2v) is 33.3. The van der Waals surface area contributed by atoms with Gasteiger partial charge in [0.2, 0.25) is 0 Å². The van der Waals surface area contributed by atoms with Gasteiger partial charge in [0.15, 0.2) is 12.2 Å². The smallest absolute Gasteiger partial charge is 0.462 e. The fraction of sp³-hybridized carbons (Fsp3) is 0.952. The summed E-state index contributed by atoms with van der Waals surface area (Å²) in [4.78, 5) is 73.1. The summed E-state index contributed by atoms with van der Waals surface area (Å²) >= 11 is 0. The molecule has 0 bridgehead atoms. The zero-order valence-corrected chi connectivity index (χ0v) is 68.5. The van der Waals surface area contributed by atoms with Crippen LogP contribution in [0.3, 0.4) is 0 Å². The lowest BCUT2D eigenvalue weighted by Crippen LogP contribution is -2.30. The molecule has 0 aliphatic carbocycles. The lowest BCUT2D eigenvalue weighted by Gasteiger charge is -2.21. The monoisotopic (exact) mass is 1490 g/mol. The van der Waals surface area contributed by atoms with E-state index in [-0.39, 0.29) is 25.7 Å². The van der Waals surface area contributed by atoms with Crippen molar-refractivity contribution in [1.82, 2.24) is 0 Å². The average Bonchev–Trinajstić information content (AvgIpc) is 0.910. The van der Waals surface area contributed by atoms with Crippen LogP contribution in [0.2, 0.25) is 0 Å². The van der Waals surface area contributed by atoms with Crippen LogP contribution in [-0.2, 0) is 65.4 Å². The first-order chi connectivity index (χ1) is 49.5. The van der Waals surface area contributed by atoms with E-state index in [0.29, 0.717) is 25.7 Å². The lowest BCUT2D eigenvalue weighted by atomic mass is 10.0. The number of phosphoric acid groups is 2. The van der Waals surface area contributed by atoms with E-state index in [2.05, 4.69) is 34.6 Å². The van der Waals surface area contributed by atoms with E-state index in [4.69, 9.17) is 37.0 Å². The molecule has 2 unspecified atom stereocenters. The molecule has 0 radical (unpaired) electrons. The minimum absolute atomic E-state index is 0.109. The Morgan fingerprint density at radius 1 is 0.265 bits per heavy atom. The standard InChI is InChI=1S/C83H162O17P2/c1-6-9-12-15-18-21-24-27-29-30-31-32-33-34-35-36-38-43-49-54-59-64-69-83(88)100-79(73-94-81(86)67-62-57-52-47-44-39-40-45-50-55-60-65-76(4)5)75-98-102(91,92)96-71-77(84)70-95-101(89,90)97-74-78(72-93-80(85)66-61-56-51-46-41-26-23-20-17-14-11-8-3)99-82(87)68-63-58-53-48-42-37-28-25-22-19-16-13-10-7-2/h76-79,84H,6-75H2,1-5H3,(H,89,90)(H,91,92)/t77-,78+,79+/m0/s1. The zero-order chi connectivity index (χ0) is 74.8. The Hall–Kier alpha value is -1.94. The quantitative estimate of drug-likeness (QED) is 0.0222. The number of ether oxygens (including phenoxy) is 4. The van der Waals surface area contributed by atoms with Crippen LogP contribution in [0.5, 0.6) is 0 Å². The molecule has 0 aromatic heterocycles. The third-order valence-corrected chi connectivity index (χ3v) is 21.4. The highest BCUT2D eigenvalue weighted by atomic mass is 31.2. The number of phosphoric ester groups is 2. The lowest BCUT2D eigenvalue weighted by molar-refractivity contribution is -0.161. The molecule has 0 amide bonds. The first kappa shape index (κ1) is 100. The Morgan fingerprint density at radius 3 is 0.667 bits per heavy atom. The summed E-state index contributed by atoms with van der Waals surface area (Å²) in [5.41, 5.74) is 0. The number of carbonyl (C=O) groups excluding carboxylic acids is 4. The number of hydrogen-bond acceptors (Lipinski definition) is 15. The van der Waals surface area contributed by atoms with Crippen LogP contribution in [0.25, 0.3) is 0 Å². The number of aliphatic hydroxyl groups excluding tert-OH is 1. The van der Waals surface area contributed by atoms with E-state index in [1.807, 2.05) is 0 Å². The van der Waals surface area contributed by atoms with Gasteiger partial charge in [0.1, 0.15) is 19.3 Å². The highest BCUT2D eigenvalue weighted by Crippen LogP contribution is 2.45. The number of esters is 4. The van der Waals surface area contributed by atoms with Gasteiger partial charge < -0.3 is 33.8 Å². The van der Waals surface area contributed by atoms with E-state index < -0.39 is 97.5 Å². The Balaban J connectivity index is 5.22. The van der Waals surface area contributed by atoms with Gasteiger partial charge in [-0.15, -0.1) is 0 Å². The van der Waals surface area contributed by atoms with Crippen molar-refractivity contribution in [2.45, 2.75) is 464 Å². The molecule has 5 atom stereocenters. The molecule has 17 nitrogen and oxygen atoms in total. The molecule has 606 valence electrons. The first-order valence-corrected chi connectivity index (χ1v) is 46.1. The third kappa shape index (κ3) is 76.3. The van der Waals surface area contributed by atoms with Crippen molar-refractivity contribution in [2.24, 2.45) is 5.92 Å². The van der Waals surface area contributed by atoms with Gasteiger partial charge in [-0.2, -0.15) is 0 Å². The van der Waals surface area contributed by atoms with E-state index in [9.17, 15) is 43.2 Å². The molecule has 102 heavy (non-hydrogen) atoms. The topological polar surface area (TPSA) is 237 Å². The summed E-state index contributed by atoms with van der Waals surface area (Å²) < 4.78 is 68.8. The Bertz CT molecular complexity index is 1940. The largest absolute Gasteiger partial charge is 0.472 e. The van der Waals surface area contributed by atoms with Crippen LogP contribution in [-0.4, -0.2) is 96.7 Å². The fourth-order valence-electron chi connectivity index (χ4n) is 12.9. The minimum Gasteiger partial charge on any atom is -0.462 e. The molecule has 0 saturated carbocycles. The number of rotatable bonds is 83. The van der Waals surface area contributed by atoms with Crippen LogP contribution in [0.4, 0.5) is 0 Å². The summed E-state index contributed by atoms with van der Waals surface area (Å²) in [7, 11) is -9.92. The molecule has 3 N–H and O–H groups in total. The number of aliphatic hydroxyl groups is 1. The van der Waals surface area contributed by atoms with Crippen molar-refractivity contribution in [3.8, 4) is 0 Å². The van der Waals surface area contributed by atoms with Crippen LogP contribution < -0.4 is 0 Å². The summed E-state index contributed by atoms with van der Waals surface area (Å²) in [5.74, 6) is -1.33. The molecular formula is C83H162O17P2. The van der Waals surface area contributed by atoms with Gasteiger partial charge in [0.25, 0.3) is 0 Å². The molecule has 0 aliphatic rings. The predicted molar refractivity (Wildman–Crippen MR) is 418 cm³/mol. The Morgan fingerprint density at radius 2 is 0.451 bits per heavy atom. The molecule has 0 aliphatic heterocycles. The van der Waals surface area contributed by atoms with Crippen molar-refractivity contribution in [2.75, 3.05) is 39.6 Å². The summed E-state index contributed by atoms with van der Waals surface area (Å²) in [5, 5.41) is 10.7. The molecule has 0 rings (SSSR count). The maximum Gasteiger partial charge on any atom is 0.472 e. The summed E-state index contributed by atoms with van der Waals surface area (Å²) in [6.07, 6.45) is 68.0. The second kappa shape index (κ2) is 75.9. The third-order valence-electron chi connectivity index (χ3n) is 19.5. The highest BCUT2D eigenvalue weighted by molar-refractivity contribution is 7.47. The number of unbranched alkanes of at least 4 members (excludes halogenated alkanes) is 55. The van der Waals surface area contributed by atoms with Crippen molar-refractivity contribution in [3.63, 3.8) is 0 Å². The van der Waals surface area contributed by atoms with Crippen molar-refractivity contribution in [3.05, 3.63) is 0 Å². The highest BCUT2D eigenvalue weighted by Gasteiger charge is 2.30. The second-order valence-electron chi connectivity index (χ2n) is 30.3. The average molecular weight is 1490 g/mol. The van der Waals surface area contributed by atoms with E-state index >= 15 is 0 Å². The normalized spacial score (nSPS) is 13.8. The van der Waals surface area contributed by atoms with Gasteiger partial charge in [-0.3, -0.25) is 37.3 Å². The van der Waals surface area contributed by atoms with Crippen LogP contribution in [0.1, 0.15) is 446 Å². The fourth-order valence-corrected chi connectivity index (χ4v) is 14.5. The molecular weight excluding hydrogens is 1330 g/mol. The molecule has 0 fully saturated rings.